The summed E-state index contributed by atoms with van der Waals surface area (Å²) in [7, 11) is 1.63. The smallest absolute Gasteiger partial charge is 0.223 e. The molecule has 1 saturated heterocycles. The molecule has 4 heterocycles. The number of ether oxygens (including phenoxy) is 1. The Bertz CT molecular complexity index is 1320. The quantitative estimate of drug-likeness (QED) is 0.476. The highest BCUT2D eigenvalue weighted by Gasteiger charge is 2.28. The Morgan fingerprint density at radius 1 is 1.24 bits per heavy atom. The van der Waals surface area contributed by atoms with Crippen LogP contribution in [0.5, 0.6) is 5.75 Å². The lowest BCUT2D eigenvalue weighted by Gasteiger charge is -2.32. The average Bonchev–Trinajstić information content (AvgIpc) is 3.37. The van der Waals surface area contributed by atoms with Gasteiger partial charge in [-0.05, 0) is 45.7 Å². The number of hydrogen-bond donors (Lipinski definition) is 2. The average molecular weight is 451 g/mol. The molecule has 0 amide bonds. The molecule has 4 aromatic rings. The van der Waals surface area contributed by atoms with Crippen molar-refractivity contribution in [2.75, 3.05) is 30.8 Å². The summed E-state index contributed by atoms with van der Waals surface area (Å²) in [4.78, 5) is 11.7. The molecule has 33 heavy (non-hydrogen) atoms. The number of anilines is 2. The van der Waals surface area contributed by atoms with Gasteiger partial charge in [0.25, 0.3) is 0 Å². The lowest BCUT2D eigenvalue weighted by molar-refractivity contribution is 0.0577. The van der Waals surface area contributed by atoms with Crippen molar-refractivity contribution in [1.29, 1.82) is 0 Å². The Labute approximate surface area is 192 Å². The highest BCUT2D eigenvalue weighted by atomic mass is 16.5. The second-order valence-electron chi connectivity index (χ2n) is 9.45. The SMILES string of the molecule is COc1ccc2c(c1)nc(N)n1nc([C@@H]3CCCN(c4cn(CC(C)(C)O)nc4C)C3)nc21. The number of nitrogens with two attached hydrogens (primary N) is 1. The molecule has 0 saturated carbocycles. The molecule has 3 aromatic heterocycles. The lowest BCUT2D eigenvalue weighted by Crippen LogP contribution is -2.35. The summed E-state index contributed by atoms with van der Waals surface area (Å²) < 4.78 is 8.77. The van der Waals surface area contributed by atoms with Crippen molar-refractivity contribution < 1.29 is 9.84 Å². The molecule has 1 aromatic carbocycles. The molecule has 0 radical (unpaired) electrons. The third-order valence-corrected chi connectivity index (χ3v) is 6.12. The largest absolute Gasteiger partial charge is 0.497 e. The number of piperidine rings is 1. The van der Waals surface area contributed by atoms with E-state index in [-0.39, 0.29) is 5.92 Å². The van der Waals surface area contributed by atoms with Crippen molar-refractivity contribution in [2.45, 2.75) is 51.7 Å². The third kappa shape index (κ3) is 4.06. The Morgan fingerprint density at radius 2 is 2.06 bits per heavy atom. The first kappa shape index (κ1) is 21.4. The Kier molecular flexibility index (Phi) is 5.12. The predicted octanol–water partition coefficient (Wildman–Crippen LogP) is 2.53. The molecule has 0 spiro atoms. The van der Waals surface area contributed by atoms with Crippen molar-refractivity contribution in [3.8, 4) is 5.75 Å². The van der Waals surface area contributed by atoms with Crippen molar-refractivity contribution >= 4 is 28.2 Å². The van der Waals surface area contributed by atoms with Gasteiger partial charge in [-0.25, -0.2) is 9.97 Å². The number of aryl methyl sites for hydroxylation is 1. The van der Waals surface area contributed by atoms with Gasteiger partial charge in [0.2, 0.25) is 5.95 Å². The summed E-state index contributed by atoms with van der Waals surface area (Å²) >= 11 is 0. The minimum absolute atomic E-state index is 0.170. The van der Waals surface area contributed by atoms with Gasteiger partial charge < -0.3 is 20.5 Å². The van der Waals surface area contributed by atoms with Crippen LogP contribution in [0.3, 0.4) is 0 Å². The van der Waals surface area contributed by atoms with E-state index < -0.39 is 5.60 Å². The van der Waals surface area contributed by atoms with Crippen LogP contribution in [0.2, 0.25) is 0 Å². The van der Waals surface area contributed by atoms with Gasteiger partial charge in [0.1, 0.15) is 5.75 Å². The first-order chi connectivity index (χ1) is 15.7. The number of hydrogen-bond acceptors (Lipinski definition) is 8. The summed E-state index contributed by atoms with van der Waals surface area (Å²) in [6, 6.07) is 5.70. The topological polar surface area (TPSA) is 120 Å². The molecule has 0 aliphatic carbocycles. The van der Waals surface area contributed by atoms with Gasteiger partial charge >= 0.3 is 0 Å². The van der Waals surface area contributed by atoms with Crippen molar-refractivity contribution in [3.05, 3.63) is 35.9 Å². The number of fused-ring (bicyclic) bond motifs is 3. The zero-order chi connectivity index (χ0) is 23.3. The fourth-order valence-electron chi connectivity index (χ4n) is 4.63. The molecule has 1 aliphatic rings. The zero-order valence-electron chi connectivity index (χ0n) is 19.5. The number of benzene rings is 1. The van der Waals surface area contributed by atoms with Gasteiger partial charge in [-0.3, -0.25) is 4.68 Å². The molecule has 10 heteroatoms. The number of rotatable bonds is 5. The van der Waals surface area contributed by atoms with E-state index in [4.69, 9.17) is 20.6 Å². The summed E-state index contributed by atoms with van der Waals surface area (Å²) in [5.74, 6) is 1.98. The predicted molar refractivity (Wildman–Crippen MR) is 127 cm³/mol. The molecular formula is C23H30N8O2. The van der Waals surface area contributed by atoms with Crippen LogP contribution in [0, 0.1) is 6.92 Å². The summed E-state index contributed by atoms with van der Waals surface area (Å²) in [6.07, 6.45) is 4.06. The highest BCUT2D eigenvalue weighted by Crippen LogP contribution is 2.32. The number of aromatic nitrogens is 6. The van der Waals surface area contributed by atoms with E-state index in [1.807, 2.05) is 36.0 Å². The van der Waals surface area contributed by atoms with Crippen LogP contribution in [0.15, 0.2) is 24.4 Å². The number of aliphatic hydroxyl groups is 1. The van der Waals surface area contributed by atoms with Crippen molar-refractivity contribution in [3.63, 3.8) is 0 Å². The fourth-order valence-corrected chi connectivity index (χ4v) is 4.63. The van der Waals surface area contributed by atoms with Gasteiger partial charge in [0, 0.05) is 36.7 Å². The van der Waals surface area contributed by atoms with E-state index in [1.54, 1.807) is 25.5 Å². The summed E-state index contributed by atoms with van der Waals surface area (Å²) in [5.41, 5.74) is 8.89. The maximum Gasteiger partial charge on any atom is 0.223 e. The van der Waals surface area contributed by atoms with Crippen LogP contribution in [0.4, 0.5) is 11.6 Å². The molecule has 1 atom stereocenters. The van der Waals surface area contributed by atoms with E-state index >= 15 is 0 Å². The minimum Gasteiger partial charge on any atom is -0.497 e. The monoisotopic (exact) mass is 450 g/mol. The summed E-state index contributed by atoms with van der Waals surface area (Å²) in [5, 5.41) is 20.4. The normalized spacial score (nSPS) is 17.2. The van der Waals surface area contributed by atoms with Gasteiger partial charge in [0.05, 0.1) is 36.2 Å². The second kappa shape index (κ2) is 7.87. The van der Waals surface area contributed by atoms with Crippen LogP contribution < -0.4 is 15.4 Å². The highest BCUT2D eigenvalue weighted by molar-refractivity contribution is 5.93. The molecule has 1 fully saturated rings. The van der Waals surface area contributed by atoms with Crippen LogP contribution in [-0.4, -0.2) is 60.3 Å². The van der Waals surface area contributed by atoms with Crippen LogP contribution in [0.1, 0.15) is 44.1 Å². The third-order valence-electron chi connectivity index (χ3n) is 6.12. The van der Waals surface area contributed by atoms with Crippen molar-refractivity contribution in [1.82, 2.24) is 29.4 Å². The molecular weight excluding hydrogens is 420 g/mol. The first-order valence-corrected chi connectivity index (χ1v) is 11.2. The Morgan fingerprint density at radius 3 is 2.82 bits per heavy atom. The van der Waals surface area contributed by atoms with Crippen LogP contribution >= 0.6 is 0 Å². The van der Waals surface area contributed by atoms with Crippen molar-refractivity contribution in [2.24, 2.45) is 0 Å². The number of nitrogens with zero attached hydrogens (tertiary/aromatic N) is 7. The second-order valence-corrected chi connectivity index (χ2v) is 9.45. The number of methoxy groups -OCH3 is 1. The Hall–Kier alpha value is -3.40. The molecule has 0 bridgehead atoms. The number of nitrogen functional groups attached to an aromatic ring is 1. The van der Waals surface area contributed by atoms with Crippen LogP contribution in [-0.2, 0) is 6.54 Å². The molecule has 174 valence electrons. The molecule has 0 unspecified atom stereocenters. The van der Waals surface area contributed by atoms with E-state index in [0.717, 1.165) is 59.8 Å². The molecule has 10 nitrogen and oxygen atoms in total. The van der Waals surface area contributed by atoms with E-state index in [2.05, 4.69) is 15.0 Å². The van der Waals surface area contributed by atoms with Gasteiger partial charge in [-0.2, -0.15) is 9.61 Å². The van der Waals surface area contributed by atoms with Crippen LogP contribution in [0.25, 0.3) is 16.6 Å². The van der Waals surface area contributed by atoms with E-state index in [9.17, 15) is 5.11 Å². The maximum atomic E-state index is 10.2. The maximum absolute atomic E-state index is 10.2. The Balaban J connectivity index is 1.46. The minimum atomic E-state index is -0.818. The van der Waals surface area contributed by atoms with Gasteiger partial charge in [0.15, 0.2) is 11.5 Å². The lowest BCUT2D eigenvalue weighted by atomic mass is 9.97. The summed E-state index contributed by atoms with van der Waals surface area (Å²) in [6.45, 7) is 7.78. The fraction of sp³-hybridized carbons (Fsp3) is 0.478. The molecule has 3 N–H and O–H groups in total. The van der Waals surface area contributed by atoms with Gasteiger partial charge in [-0.1, -0.05) is 0 Å². The molecule has 1 aliphatic heterocycles. The van der Waals surface area contributed by atoms with Gasteiger partial charge in [-0.15, -0.1) is 5.10 Å². The first-order valence-electron chi connectivity index (χ1n) is 11.2. The standard InChI is InChI=1S/C23H30N8O2/c1-14-19(12-30(27-14)13-23(2,3)32)29-9-5-6-15(11-29)20-26-21-17-8-7-16(33-4)10-18(17)25-22(24)31(21)28-20/h7-8,10,12,15,32H,5-6,9,11,13H2,1-4H3,(H2,24,25)/t15-/m1/s1. The molecule has 5 rings (SSSR count). The van der Waals surface area contributed by atoms with E-state index in [0.29, 0.717) is 18.1 Å². The zero-order valence-corrected chi connectivity index (χ0v) is 19.5. The van der Waals surface area contributed by atoms with E-state index in [1.165, 1.54) is 0 Å².